The molecule has 6 nitrogen and oxygen atoms in total. The highest BCUT2D eigenvalue weighted by atomic mass is 35.5. The van der Waals surface area contributed by atoms with Gasteiger partial charge in [0.1, 0.15) is 11.9 Å². The third-order valence-corrected chi connectivity index (χ3v) is 6.82. The second kappa shape index (κ2) is 7.83. The van der Waals surface area contributed by atoms with Gasteiger partial charge in [-0.05, 0) is 30.3 Å². The number of carbonyl (C=O) groups excluding carboxylic acids is 3. The first-order chi connectivity index (χ1) is 15.4. The van der Waals surface area contributed by atoms with E-state index in [0.717, 1.165) is 0 Å². The number of halogens is 2. The van der Waals surface area contributed by atoms with Crippen LogP contribution in [0.25, 0.3) is 6.08 Å². The Balaban J connectivity index is 1.64. The molecular weight excluding hydrogens is 435 g/mol. The number of carbonyl (C=O) groups is 3. The number of fused-ring (bicyclic) bond motifs is 5. The van der Waals surface area contributed by atoms with Gasteiger partial charge in [-0.1, -0.05) is 35.9 Å². The average molecular weight is 455 g/mol. The molecule has 2 fully saturated rings. The minimum absolute atomic E-state index is 0.131. The van der Waals surface area contributed by atoms with Gasteiger partial charge in [0, 0.05) is 23.9 Å². The molecule has 2 saturated heterocycles. The van der Waals surface area contributed by atoms with E-state index in [2.05, 4.69) is 0 Å². The molecule has 0 spiro atoms. The molecule has 0 bridgehead atoms. The molecule has 8 heteroatoms. The number of rotatable bonds is 5. The number of imide groups is 1. The van der Waals surface area contributed by atoms with Crippen molar-refractivity contribution in [2.45, 2.75) is 12.1 Å². The third-order valence-electron chi connectivity index (χ3n) is 6.49. The summed E-state index contributed by atoms with van der Waals surface area (Å²) in [6.45, 7) is 0.346. The van der Waals surface area contributed by atoms with E-state index in [1.54, 1.807) is 47.4 Å². The van der Waals surface area contributed by atoms with E-state index in [4.69, 9.17) is 16.3 Å². The summed E-state index contributed by atoms with van der Waals surface area (Å²) in [6, 6.07) is 9.49. The van der Waals surface area contributed by atoms with E-state index in [-0.39, 0.29) is 35.4 Å². The minimum atomic E-state index is -0.942. The summed E-state index contributed by atoms with van der Waals surface area (Å²) in [6.07, 6.45) is 3.53. The molecule has 0 aliphatic carbocycles. The van der Waals surface area contributed by atoms with Crippen molar-refractivity contribution in [3.8, 4) is 0 Å². The molecule has 32 heavy (non-hydrogen) atoms. The van der Waals surface area contributed by atoms with E-state index in [1.165, 1.54) is 24.1 Å². The van der Waals surface area contributed by atoms with Crippen LogP contribution < -0.4 is 4.90 Å². The molecule has 4 atom stereocenters. The van der Waals surface area contributed by atoms with E-state index >= 15 is 0 Å². The van der Waals surface area contributed by atoms with Crippen LogP contribution in [0.2, 0.25) is 5.02 Å². The molecule has 0 saturated carbocycles. The van der Waals surface area contributed by atoms with Gasteiger partial charge in [0.05, 0.1) is 36.1 Å². The van der Waals surface area contributed by atoms with Gasteiger partial charge in [-0.15, -0.1) is 0 Å². The van der Waals surface area contributed by atoms with Crippen LogP contribution in [0.4, 0.5) is 10.1 Å². The Labute approximate surface area is 189 Å². The van der Waals surface area contributed by atoms with Crippen molar-refractivity contribution >= 4 is 41.0 Å². The minimum Gasteiger partial charge on any atom is -0.383 e. The fraction of sp³-hybridized carbons (Fsp3) is 0.292. The molecule has 3 aliphatic heterocycles. The zero-order valence-corrected chi connectivity index (χ0v) is 18.0. The first-order valence-corrected chi connectivity index (χ1v) is 10.7. The second-order valence-corrected chi connectivity index (χ2v) is 8.53. The van der Waals surface area contributed by atoms with E-state index in [9.17, 15) is 18.8 Å². The lowest BCUT2D eigenvalue weighted by Crippen LogP contribution is -2.49. The topological polar surface area (TPSA) is 66.9 Å². The van der Waals surface area contributed by atoms with Gasteiger partial charge in [-0.25, -0.2) is 4.39 Å². The zero-order chi connectivity index (χ0) is 22.6. The second-order valence-electron chi connectivity index (χ2n) is 8.12. The molecule has 5 rings (SSSR count). The maximum Gasteiger partial charge on any atom is 0.235 e. The Bertz CT molecular complexity index is 1170. The number of nitrogens with zero attached hydrogens (tertiary/aromatic N) is 2. The number of anilines is 1. The van der Waals surface area contributed by atoms with Crippen LogP contribution >= 0.6 is 11.6 Å². The Morgan fingerprint density at radius 1 is 1.12 bits per heavy atom. The van der Waals surface area contributed by atoms with Crippen molar-refractivity contribution in [3.63, 3.8) is 0 Å². The third kappa shape index (κ3) is 2.99. The Morgan fingerprint density at radius 2 is 1.88 bits per heavy atom. The van der Waals surface area contributed by atoms with Crippen LogP contribution in [0.3, 0.4) is 0 Å². The number of Topliss-reactive ketones (excluding diaryl/α,β-unsaturated/α-hetero) is 1. The van der Waals surface area contributed by atoms with Crippen molar-refractivity contribution in [2.24, 2.45) is 11.8 Å². The van der Waals surface area contributed by atoms with Crippen LogP contribution in [0.15, 0.2) is 48.5 Å². The highest BCUT2D eigenvalue weighted by molar-refractivity contribution is 6.34. The van der Waals surface area contributed by atoms with Gasteiger partial charge in [-0.2, -0.15) is 0 Å². The lowest BCUT2D eigenvalue weighted by Gasteiger charge is -2.36. The van der Waals surface area contributed by atoms with Crippen molar-refractivity contribution in [3.05, 3.63) is 70.5 Å². The summed E-state index contributed by atoms with van der Waals surface area (Å²) in [5.74, 6) is -3.05. The Kier molecular flexibility index (Phi) is 5.10. The van der Waals surface area contributed by atoms with Crippen molar-refractivity contribution in [2.75, 3.05) is 25.2 Å². The molecule has 0 unspecified atom stereocenters. The van der Waals surface area contributed by atoms with Crippen molar-refractivity contribution in [1.82, 2.24) is 4.90 Å². The zero-order valence-electron chi connectivity index (χ0n) is 17.2. The lowest BCUT2D eigenvalue weighted by molar-refractivity contribution is -0.141. The molecule has 0 aromatic heterocycles. The van der Waals surface area contributed by atoms with Crippen LogP contribution in [-0.2, 0) is 14.3 Å². The summed E-state index contributed by atoms with van der Waals surface area (Å²) < 4.78 is 18.9. The Morgan fingerprint density at radius 3 is 2.62 bits per heavy atom. The smallest absolute Gasteiger partial charge is 0.235 e. The molecule has 2 aromatic rings. The van der Waals surface area contributed by atoms with E-state index < -0.39 is 35.6 Å². The monoisotopic (exact) mass is 454 g/mol. The van der Waals surface area contributed by atoms with Gasteiger partial charge in [0.25, 0.3) is 0 Å². The van der Waals surface area contributed by atoms with Gasteiger partial charge >= 0.3 is 0 Å². The maximum absolute atomic E-state index is 13.9. The van der Waals surface area contributed by atoms with Crippen LogP contribution in [-0.4, -0.2) is 54.8 Å². The number of benzene rings is 2. The fourth-order valence-corrected chi connectivity index (χ4v) is 5.36. The van der Waals surface area contributed by atoms with Gasteiger partial charge in [0.15, 0.2) is 5.78 Å². The molecule has 0 N–H and O–H groups in total. The molecule has 2 amide bonds. The molecule has 2 aromatic carbocycles. The summed E-state index contributed by atoms with van der Waals surface area (Å²) in [5, 5.41) is 0.275. The van der Waals surface area contributed by atoms with Gasteiger partial charge in [-0.3, -0.25) is 19.3 Å². The number of ether oxygens (including phenoxy) is 1. The highest BCUT2D eigenvalue weighted by Gasteiger charge is 2.63. The average Bonchev–Trinajstić information content (AvgIpc) is 3.25. The number of hydrogen-bond donors (Lipinski definition) is 0. The normalized spacial score (nSPS) is 25.7. The lowest BCUT2D eigenvalue weighted by atomic mass is 9.86. The summed E-state index contributed by atoms with van der Waals surface area (Å²) in [5.41, 5.74) is 1.49. The number of ketones is 1. The summed E-state index contributed by atoms with van der Waals surface area (Å²) >= 11 is 6.32. The molecule has 0 radical (unpaired) electrons. The quantitative estimate of drug-likeness (QED) is 0.512. The fourth-order valence-electron chi connectivity index (χ4n) is 5.13. The molecule has 3 aliphatic rings. The number of hydrogen-bond acceptors (Lipinski definition) is 5. The first kappa shape index (κ1) is 20.8. The molecular formula is C24H20ClFN2O4. The standard InChI is InChI=1S/C24H20ClFN2O4/c1-32-11-10-27-23(30)19-18-8-6-13-12-14(26)7-9-17(13)28(18)21(20(19)24(27)31)22(29)15-4-2-3-5-16(15)25/h2-9,12,18-21H,10-11H2,1H3/t18-,19+,20+,21-/m1/s1. The molecule has 3 heterocycles. The number of likely N-dealkylation sites (tertiary alicyclic amines) is 1. The van der Waals surface area contributed by atoms with Crippen molar-refractivity contribution < 1.29 is 23.5 Å². The van der Waals surface area contributed by atoms with Gasteiger partial charge < -0.3 is 9.64 Å². The predicted octanol–water partition coefficient (Wildman–Crippen LogP) is 3.19. The summed E-state index contributed by atoms with van der Waals surface area (Å²) in [7, 11) is 1.50. The van der Waals surface area contributed by atoms with Crippen LogP contribution in [0.5, 0.6) is 0 Å². The first-order valence-electron chi connectivity index (χ1n) is 10.3. The molecule has 164 valence electrons. The Hall–Kier alpha value is -3.03. The maximum atomic E-state index is 13.9. The summed E-state index contributed by atoms with van der Waals surface area (Å²) in [4.78, 5) is 43.5. The largest absolute Gasteiger partial charge is 0.383 e. The van der Waals surface area contributed by atoms with E-state index in [1.807, 2.05) is 0 Å². The van der Waals surface area contributed by atoms with E-state index in [0.29, 0.717) is 11.3 Å². The van der Waals surface area contributed by atoms with Crippen LogP contribution in [0, 0.1) is 17.7 Å². The van der Waals surface area contributed by atoms with Gasteiger partial charge in [0.2, 0.25) is 11.8 Å². The predicted molar refractivity (Wildman–Crippen MR) is 117 cm³/mol. The highest BCUT2D eigenvalue weighted by Crippen LogP contribution is 2.49. The number of methoxy groups -OCH3 is 1. The van der Waals surface area contributed by atoms with Crippen LogP contribution in [0.1, 0.15) is 15.9 Å². The van der Waals surface area contributed by atoms with Crippen molar-refractivity contribution in [1.29, 1.82) is 0 Å². The number of amides is 2. The SMILES string of the molecule is COCCN1C(=O)[C@@H]2[C@H](C1=O)[C@H](C(=O)c1ccccc1Cl)N1c3ccc(F)cc3C=C[C@H]21.